The molecule has 0 fully saturated rings. The van der Waals surface area contributed by atoms with E-state index in [4.69, 9.17) is 4.55 Å². The molecular formula is C9H6INO2S. The van der Waals surface area contributed by atoms with Crippen molar-refractivity contribution in [3.05, 3.63) is 34.2 Å². The Labute approximate surface area is 97.0 Å². The topological polar surface area (TPSA) is 50.2 Å². The van der Waals surface area contributed by atoms with E-state index in [9.17, 15) is 4.21 Å². The van der Waals surface area contributed by atoms with Gasteiger partial charge in [-0.15, -0.1) is 0 Å². The third-order valence-corrected chi connectivity index (χ3v) is 3.46. The summed E-state index contributed by atoms with van der Waals surface area (Å²) in [5, 5.41) is 1.70. The minimum Gasteiger partial charge on any atom is -0.302 e. The van der Waals surface area contributed by atoms with Gasteiger partial charge in [0.2, 0.25) is 0 Å². The fraction of sp³-hybridized carbons (Fsp3) is 0. The number of nitrogens with zero attached hydrogens (tertiary/aromatic N) is 1. The van der Waals surface area contributed by atoms with Crippen LogP contribution in [-0.4, -0.2) is 13.7 Å². The Hall–Kier alpha value is -0.530. The third-order valence-electron chi connectivity index (χ3n) is 1.90. The summed E-state index contributed by atoms with van der Waals surface area (Å²) in [6.07, 6.45) is 1.44. The molecule has 0 radical (unpaired) electrons. The number of hydrogen-bond acceptors (Lipinski definition) is 2. The highest BCUT2D eigenvalue weighted by Crippen LogP contribution is 2.23. The van der Waals surface area contributed by atoms with Crippen molar-refractivity contribution in [1.29, 1.82) is 0 Å². The van der Waals surface area contributed by atoms with Crippen molar-refractivity contribution in [3.63, 3.8) is 0 Å². The second kappa shape index (κ2) is 3.92. The summed E-state index contributed by atoms with van der Waals surface area (Å²) in [4.78, 5) is 4.42. The molecule has 2 aromatic rings. The van der Waals surface area contributed by atoms with Gasteiger partial charge in [-0.25, -0.2) is 9.19 Å². The monoisotopic (exact) mass is 319 g/mol. The molecule has 0 saturated heterocycles. The predicted molar refractivity (Wildman–Crippen MR) is 63.5 cm³/mol. The first kappa shape index (κ1) is 10.0. The van der Waals surface area contributed by atoms with Crippen LogP contribution < -0.4 is 0 Å². The highest BCUT2D eigenvalue weighted by Gasteiger charge is 2.08. The first-order valence-corrected chi connectivity index (χ1v) is 6.03. The maximum atomic E-state index is 11.0. The molecular weight excluding hydrogens is 313 g/mol. The largest absolute Gasteiger partial charge is 0.302 e. The number of halogens is 1. The lowest BCUT2D eigenvalue weighted by atomic mass is 10.2. The van der Waals surface area contributed by atoms with Gasteiger partial charge in [0.25, 0.3) is 0 Å². The van der Waals surface area contributed by atoms with Crippen LogP contribution in [0.2, 0.25) is 0 Å². The van der Waals surface area contributed by atoms with Gasteiger partial charge in [-0.2, -0.15) is 0 Å². The minimum atomic E-state index is -1.98. The second-order valence-corrected chi connectivity index (χ2v) is 4.67. The first-order valence-electron chi connectivity index (χ1n) is 3.84. The first-order chi connectivity index (χ1) is 6.70. The van der Waals surface area contributed by atoms with Crippen molar-refractivity contribution < 1.29 is 8.76 Å². The van der Waals surface area contributed by atoms with E-state index in [0.717, 1.165) is 14.5 Å². The van der Waals surface area contributed by atoms with Gasteiger partial charge in [0.15, 0.2) is 11.1 Å². The van der Waals surface area contributed by atoms with Crippen molar-refractivity contribution in [2.24, 2.45) is 0 Å². The Bertz CT molecular complexity index is 515. The summed E-state index contributed by atoms with van der Waals surface area (Å²) in [6, 6.07) is 7.44. The molecule has 5 heteroatoms. The van der Waals surface area contributed by atoms with E-state index in [2.05, 4.69) is 27.6 Å². The fourth-order valence-corrected chi connectivity index (χ4v) is 2.39. The zero-order chi connectivity index (χ0) is 10.1. The Morgan fingerprint density at radius 2 is 1.93 bits per heavy atom. The molecule has 0 aliphatic heterocycles. The molecule has 0 bridgehead atoms. The van der Waals surface area contributed by atoms with Gasteiger partial charge in [0.1, 0.15) is 3.70 Å². The highest BCUT2D eigenvalue weighted by molar-refractivity contribution is 14.1. The van der Waals surface area contributed by atoms with E-state index in [1.807, 2.05) is 24.3 Å². The normalized spacial score (nSPS) is 13.0. The lowest BCUT2D eigenvalue weighted by Gasteiger charge is -2.03. The maximum absolute atomic E-state index is 11.0. The molecule has 0 aliphatic rings. The molecule has 1 aromatic carbocycles. The quantitative estimate of drug-likeness (QED) is 0.499. The molecule has 0 saturated carbocycles. The third kappa shape index (κ3) is 1.67. The van der Waals surface area contributed by atoms with Crippen molar-refractivity contribution in [2.75, 3.05) is 0 Å². The highest BCUT2D eigenvalue weighted by atomic mass is 127. The van der Waals surface area contributed by atoms with Gasteiger partial charge < -0.3 is 4.55 Å². The summed E-state index contributed by atoms with van der Waals surface area (Å²) in [7, 11) is 0. The summed E-state index contributed by atoms with van der Waals surface area (Å²) >= 11 is 0.129. The molecule has 14 heavy (non-hydrogen) atoms. The van der Waals surface area contributed by atoms with Crippen molar-refractivity contribution in [3.8, 4) is 0 Å². The lowest BCUT2D eigenvalue weighted by molar-refractivity contribution is 0.565. The average Bonchev–Trinajstić information content (AvgIpc) is 2.18. The van der Waals surface area contributed by atoms with Gasteiger partial charge >= 0.3 is 0 Å². The van der Waals surface area contributed by atoms with Crippen LogP contribution >= 0.6 is 22.6 Å². The van der Waals surface area contributed by atoms with Gasteiger partial charge in [-0.3, -0.25) is 0 Å². The fourth-order valence-electron chi connectivity index (χ4n) is 1.27. The minimum absolute atomic E-state index is 0.362. The van der Waals surface area contributed by atoms with Crippen LogP contribution in [0.15, 0.2) is 35.4 Å². The molecule has 2 rings (SSSR count). The van der Waals surface area contributed by atoms with Crippen LogP contribution in [0.3, 0.4) is 0 Å². The predicted octanol–water partition coefficient (Wildman–Crippen LogP) is 2.42. The summed E-state index contributed by atoms with van der Waals surface area (Å²) in [5.74, 6) is 0. The Morgan fingerprint density at radius 1 is 1.29 bits per heavy atom. The molecule has 1 N–H and O–H groups in total. The van der Waals surface area contributed by atoms with Crippen LogP contribution in [0.4, 0.5) is 0 Å². The molecule has 3 nitrogen and oxygen atoms in total. The van der Waals surface area contributed by atoms with Gasteiger partial charge in [-0.1, -0.05) is 24.3 Å². The number of benzene rings is 1. The molecule has 0 spiro atoms. The number of aromatic nitrogens is 1. The van der Waals surface area contributed by atoms with Gasteiger partial charge in [-0.05, 0) is 22.6 Å². The summed E-state index contributed by atoms with van der Waals surface area (Å²) in [5.41, 5.74) is 0. The molecule has 1 heterocycles. The Kier molecular flexibility index (Phi) is 2.80. The van der Waals surface area contributed by atoms with E-state index in [-0.39, 0.29) is 0 Å². The summed E-state index contributed by atoms with van der Waals surface area (Å²) < 4.78 is 20.9. The smallest absolute Gasteiger partial charge is 0.188 e. The SMILES string of the molecule is O=S(O)c1cnc(I)c2ccccc12. The average molecular weight is 319 g/mol. The van der Waals surface area contributed by atoms with E-state index in [1.54, 1.807) is 0 Å². The molecule has 1 unspecified atom stereocenters. The van der Waals surface area contributed by atoms with Crippen molar-refractivity contribution in [1.82, 2.24) is 4.98 Å². The number of pyridine rings is 1. The lowest BCUT2D eigenvalue weighted by Crippen LogP contribution is -1.93. The molecule has 1 aromatic heterocycles. The molecule has 72 valence electrons. The number of fused-ring (bicyclic) bond motifs is 1. The zero-order valence-corrected chi connectivity index (χ0v) is 9.95. The second-order valence-electron chi connectivity index (χ2n) is 2.71. The van der Waals surface area contributed by atoms with E-state index in [1.165, 1.54) is 6.20 Å². The van der Waals surface area contributed by atoms with Crippen molar-refractivity contribution in [2.45, 2.75) is 4.90 Å². The van der Waals surface area contributed by atoms with Crippen molar-refractivity contribution >= 4 is 44.4 Å². The number of hydrogen-bond donors (Lipinski definition) is 1. The molecule has 0 aliphatic carbocycles. The van der Waals surface area contributed by atoms with Crippen LogP contribution in [0.5, 0.6) is 0 Å². The Morgan fingerprint density at radius 3 is 2.57 bits per heavy atom. The van der Waals surface area contributed by atoms with E-state index in [0.29, 0.717) is 4.90 Å². The Balaban J connectivity index is 2.88. The zero-order valence-electron chi connectivity index (χ0n) is 6.98. The van der Waals surface area contributed by atoms with Gasteiger partial charge in [0.05, 0.1) is 4.90 Å². The number of rotatable bonds is 1. The van der Waals surface area contributed by atoms with Crippen LogP contribution in [0.25, 0.3) is 10.8 Å². The molecule has 0 amide bonds. The van der Waals surface area contributed by atoms with Crippen LogP contribution in [-0.2, 0) is 11.1 Å². The summed E-state index contributed by atoms with van der Waals surface area (Å²) in [6.45, 7) is 0. The van der Waals surface area contributed by atoms with Crippen LogP contribution in [0.1, 0.15) is 0 Å². The maximum Gasteiger partial charge on any atom is 0.188 e. The van der Waals surface area contributed by atoms with Crippen LogP contribution in [0, 0.1) is 3.70 Å². The van der Waals surface area contributed by atoms with E-state index < -0.39 is 11.1 Å². The van der Waals surface area contributed by atoms with Gasteiger partial charge in [0, 0.05) is 17.0 Å². The van der Waals surface area contributed by atoms with E-state index >= 15 is 0 Å². The molecule has 1 atom stereocenters. The standard InChI is InChI=1S/C9H6INO2S/c10-9-7-4-2-1-3-6(7)8(5-11-9)14(12)13/h1-5H,(H,12,13).